The lowest BCUT2D eigenvalue weighted by Gasteiger charge is -2.27. The topological polar surface area (TPSA) is 27.0 Å². The summed E-state index contributed by atoms with van der Waals surface area (Å²) in [6.07, 6.45) is 0. The van der Waals surface area contributed by atoms with E-state index in [-0.39, 0.29) is 17.4 Å². The second-order valence-electron chi connectivity index (χ2n) is 4.62. The summed E-state index contributed by atoms with van der Waals surface area (Å²) in [4.78, 5) is 1.74. The van der Waals surface area contributed by atoms with Crippen LogP contribution in [0.2, 0.25) is 0 Å². The van der Waals surface area contributed by atoms with Gasteiger partial charge in [0.1, 0.15) is 11.6 Å². The molecule has 0 saturated carbocycles. The largest absolute Gasteiger partial charge is 0.368 e. The minimum absolute atomic E-state index is 0.243. The van der Waals surface area contributed by atoms with E-state index >= 15 is 0 Å². The molecule has 0 aliphatic heterocycles. The van der Waals surface area contributed by atoms with Crippen LogP contribution in [0, 0.1) is 23.0 Å². The second-order valence-corrected chi connectivity index (χ2v) is 4.62. The van der Waals surface area contributed by atoms with E-state index in [0.717, 1.165) is 0 Å². The Morgan fingerprint density at radius 3 is 2.50 bits per heavy atom. The van der Waals surface area contributed by atoms with Crippen molar-refractivity contribution >= 4 is 5.69 Å². The zero-order valence-electron chi connectivity index (χ0n) is 11.3. The summed E-state index contributed by atoms with van der Waals surface area (Å²) in [5.74, 6) is -0.782. The fraction of sp³-hybridized carbons (Fsp3) is 0.188. The average molecular weight is 272 g/mol. The van der Waals surface area contributed by atoms with Gasteiger partial charge in [-0.25, -0.2) is 8.78 Å². The Morgan fingerprint density at radius 2 is 1.85 bits per heavy atom. The molecule has 20 heavy (non-hydrogen) atoms. The van der Waals surface area contributed by atoms with Gasteiger partial charge >= 0.3 is 0 Å². The first-order chi connectivity index (χ1) is 9.52. The number of hydrogen-bond donors (Lipinski definition) is 0. The molecule has 2 rings (SSSR count). The number of benzene rings is 2. The zero-order valence-corrected chi connectivity index (χ0v) is 11.3. The molecule has 0 aliphatic carbocycles. The van der Waals surface area contributed by atoms with Crippen molar-refractivity contribution in [1.29, 1.82) is 5.26 Å². The summed E-state index contributed by atoms with van der Waals surface area (Å²) in [6.45, 7) is 1.83. The van der Waals surface area contributed by atoms with E-state index < -0.39 is 5.82 Å². The van der Waals surface area contributed by atoms with E-state index in [4.69, 9.17) is 5.26 Å². The number of halogens is 2. The normalized spacial score (nSPS) is 11.8. The van der Waals surface area contributed by atoms with Gasteiger partial charge in [-0.15, -0.1) is 0 Å². The molecule has 0 bridgehead atoms. The molecule has 0 heterocycles. The molecule has 0 fully saturated rings. The van der Waals surface area contributed by atoms with E-state index in [0.29, 0.717) is 11.3 Å². The van der Waals surface area contributed by atoms with Crippen molar-refractivity contribution in [3.8, 4) is 6.07 Å². The SMILES string of the molecule is CC(c1ccccc1F)N(C)c1cc(F)cc(C#N)c1. The molecular weight excluding hydrogens is 258 g/mol. The molecule has 0 saturated heterocycles. The van der Waals surface area contributed by atoms with E-state index in [1.807, 2.05) is 13.0 Å². The molecule has 1 unspecified atom stereocenters. The lowest BCUT2D eigenvalue weighted by Crippen LogP contribution is -2.22. The van der Waals surface area contributed by atoms with Crippen molar-refractivity contribution in [3.63, 3.8) is 0 Å². The minimum atomic E-state index is -0.480. The first-order valence-corrected chi connectivity index (χ1v) is 6.21. The molecule has 0 aliphatic rings. The summed E-state index contributed by atoms with van der Waals surface area (Å²) >= 11 is 0. The third-order valence-corrected chi connectivity index (χ3v) is 3.36. The Kier molecular flexibility index (Phi) is 3.99. The Bertz CT molecular complexity index is 662. The van der Waals surface area contributed by atoms with Crippen LogP contribution in [0.1, 0.15) is 24.1 Å². The quantitative estimate of drug-likeness (QED) is 0.843. The van der Waals surface area contributed by atoms with Crippen LogP contribution in [0.4, 0.5) is 14.5 Å². The van der Waals surface area contributed by atoms with Crippen molar-refractivity contribution in [2.45, 2.75) is 13.0 Å². The highest BCUT2D eigenvalue weighted by Crippen LogP contribution is 2.28. The third-order valence-electron chi connectivity index (χ3n) is 3.36. The van der Waals surface area contributed by atoms with Gasteiger partial charge in [0.05, 0.1) is 17.7 Å². The Morgan fingerprint density at radius 1 is 1.15 bits per heavy atom. The Balaban J connectivity index is 2.36. The van der Waals surface area contributed by atoms with Crippen LogP contribution in [-0.2, 0) is 0 Å². The molecule has 2 nitrogen and oxygen atoms in total. The Hall–Kier alpha value is -2.41. The molecule has 1 atom stereocenters. The van der Waals surface area contributed by atoms with Gasteiger partial charge in [0, 0.05) is 18.3 Å². The van der Waals surface area contributed by atoms with Crippen molar-refractivity contribution in [1.82, 2.24) is 0 Å². The number of anilines is 1. The van der Waals surface area contributed by atoms with Crippen molar-refractivity contribution in [2.24, 2.45) is 0 Å². The fourth-order valence-electron chi connectivity index (χ4n) is 2.09. The van der Waals surface area contributed by atoms with Gasteiger partial charge < -0.3 is 4.90 Å². The predicted molar refractivity (Wildman–Crippen MR) is 74.3 cm³/mol. The molecule has 0 N–H and O–H groups in total. The molecule has 2 aromatic carbocycles. The summed E-state index contributed by atoms with van der Waals surface area (Å²) in [6, 6.07) is 12.2. The molecule has 2 aromatic rings. The van der Waals surface area contributed by atoms with Gasteiger partial charge in [0.15, 0.2) is 0 Å². The molecular formula is C16H14F2N2. The van der Waals surface area contributed by atoms with Crippen molar-refractivity contribution in [3.05, 3.63) is 65.2 Å². The summed E-state index contributed by atoms with van der Waals surface area (Å²) in [5, 5.41) is 8.87. The zero-order chi connectivity index (χ0) is 14.7. The van der Waals surface area contributed by atoms with E-state index in [2.05, 4.69) is 0 Å². The number of hydrogen-bond acceptors (Lipinski definition) is 2. The highest BCUT2D eigenvalue weighted by Gasteiger charge is 2.16. The molecule has 0 amide bonds. The van der Waals surface area contributed by atoms with Crippen LogP contribution in [0.3, 0.4) is 0 Å². The van der Waals surface area contributed by atoms with Crippen LogP contribution < -0.4 is 4.90 Å². The van der Waals surface area contributed by atoms with Gasteiger partial charge in [-0.3, -0.25) is 0 Å². The lowest BCUT2D eigenvalue weighted by molar-refractivity contribution is 0.584. The maximum absolute atomic E-state index is 13.8. The van der Waals surface area contributed by atoms with E-state index in [1.54, 1.807) is 36.2 Å². The van der Waals surface area contributed by atoms with Crippen LogP contribution in [-0.4, -0.2) is 7.05 Å². The van der Waals surface area contributed by atoms with Crippen molar-refractivity contribution < 1.29 is 8.78 Å². The lowest BCUT2D eigenvalue weighted by atomic mass is 10.1. The molecule has 0 spiro atoms. The average Bonchev–Trinajstić information content (AvgIpc) is 2.45. The van der Waals surface area contributed by atoms with E-state index in [1.165, 1.54) is 18.2 Å². The van der Waals surface area contributed by atoms with Crippen LogP contribution in [0.5, 0.6) is 0 Å². The molecule has 102 valence electrons. The summed E-state index contributed by atoms with van der Waals surface area (Å²) in [5.41, 5.74) is 1.31. The summed E-state index contributed by atoms with van der Waals surface area (Å²) < 4.78 is 27.3. The smallest absolute Gasteiger partial charge is 0.128 e. The van der Waals surface area contributed by atoms with E-state index in [9.17, 15) is 8.78 Å². The highest BCUT2D eigenvalue weighted by atomic mass is 19.1. The minimum Gasteiger partial charge on any atom is -0.368 e. The van der Waals surface area contributed by atoms with Gasteiger partial charge in [0.2, 0.25) is 0 Å². The third kappa shape index (κ3) is 2.77. The van der Waals surface area contributed by atoms with Crippen LogP contribution in [0.25, 0.3) is 0 Å². The molecule has 0 aromatic heterocycles. The second kappa shape index (κ2) is 5.70. The predicted octanol–water partition coefficient (Wildman–Crippen LogP) is 4.03. The fourth-order valence-corrected chi connectivity index (χ4v) is 2.09. The van der Waals surface area contributed by atoms with Gasteiger partial charge in [-0.1, -0.05) is 18.2 Å². The number of rotatable bonds is 3. The van der Waals surface area contributed by atoms with Crippen LogP contribution in [0.15, 0.2) is 42.5 Å². The molecule has 0 radical (unpaired) electrons. The standard InChI is InChI=1S/C16H14F2N2/c1-11(15-5-3-4-6-16(15)18)20(2)14-8-12(10-19)7-13(17)9-14/h3-9,11H,1-2H3. The summed E-state index contributed by atoms with van der Waals surface area (Å²) in [7, 11) is 1.74. The van der Waals surface area contributed by atoms with Gasteiger partial charge in [-0.05, 0) is 31.2 Å². The van der Waals surface area contributed by atoms with Gasteiger partial charge in [0.25, 0.3) is 0 Å². The Labute approximate surface area is 116 Å². The monoisotopic (exact) mass is 272 g/mol. The maximum atomic E-state index is 13.8. The first-order valence-electron chi connectivity index (χ1n) is 6.21. The molecule has 4 heteroatoms. The van der Waals surface area contributed by atoms with Crippen LogP contribution >= 0.6 is 0 Å². The number of nitrogens with zero attached hydrogens (tertiary/aromatic N) is 2. The maximum Gasteiger partial charge on any atom is 0.128 e. The van der Waals surface area contributed by atoms with Gasteiger partial charge in [-0.2, -0.15) is 5.26 Å². The highest BCUT2D eigenvalue weighted by molar-refractivity contribution is 5.53. The first kappa shape index (κ1) is 14.0. The van der Waals surface area contributed by atoms with Crippen molar-refractivity contribution in [2.75, 3.05) is 11.9 Å². The number of nitriles is 1.